The van der Waals surface area contributed by atoms with Crippen LogP contribution in [-0.4, -0.2) is 50.0 Å². The number of hydrogen-bond acceptors (Lipinski definition) is 5. The van der Waals surface area contributed by atoms with Crippen LogP contribution >= 0.6 is 11.8 Å². The van der Waals surface area contributed by atoms with Crippen LogP contribution in [0.15, 0.2) is 0 Å². The monoisotopic (exact) mass is 276 g/mol. The molecule has 0 bridgehead atoms. The van der Waals surface area contributed by atoms with Gasteiger partial charge in [0.1, 0.15) is 0 Å². The van der Waals surface area contributed by atoms with Crippen LogP contribution in [0.25, 0.3) is 0 Å². The topological polar surface area (TPSA) is 44.8 Å². The lowest BCUT2D eigenvalue weighted by Crippen LogP contribution is -2.30. The lowest BCUT2D eigenvalue weighted by molar-refractivity contribution is -0.150. The van der Waals surface area contributed by atoms with E-state index in [-0.39, 0.29) is 18.0 Å². The van der Waals surface area contributed by atoms with Crippen molar-refractivity contribution in [3.63, 3.8) is 0 Å². The van der Waals surface area contributed by atoms with Gasteiger partial charge in [-0.1, -0.05) is 6.92 Å². The van der Waals surface area contributed by atoms with Crippen LogP contribution < -0.4 is 0 Å². The first-order valence-electron chi connectivity index (χ1n) is 6.71. The van der Waals surface area contributed by atoms with Gasteiger partial charge in [0.15, 0.2) is 0 Å². The van der Waals surface area contributed by atoms with Gasteiger partial charge < -0.3 is 14.2 Å². The molecule has 0 aliphatic carbocycles. The second-order valence-electron chi connectivity index (χ2n) is 4.25. The van der Waals surface area contributed by atoms with Crippen molar-refractivity contribution in [2.75, 3.05) is 37.9 Å². The Labute approximate surface area is 114 Å². The molecule has 4 nitrogen and oxygen atoms in total. The van der Waals surface area contributed by atoms with E-state index in [2.05, 4.69) is 6.92 Å². The van der Waals surface area contributed by atoms with E-state index in [0.717, 1.165) is 37.6 Å². The van der Waals surface area contributed by atoms with Crippen LogP contribution in [-0.2, 0) is 19.0 Å². The average Bonchev–Trinajstić information content (AvgIpc) is 2.40. The number of carbonyl (C=O) groups excluding carboxylic acids is 1. The molecule has 1 atom stereocenters. The van der Waals surface area contributed by atoms with Gasteiger partial charge in [-0.25, -0.2) is 0 Å². The van der Waals surface area contributed by atoms with Gasteiger partial charge in [0.25, 0.3) is 0 Å². The Morgan fingerprint density at radius 1 is 1.39 bits per heavy atom. The smallest absolute Gasteiger partial charge is 0.312 e. The van der Waals surface area contributed by atoms with Gasteiger partial charge in [-0.3, -0.25) is 4.79 Å². The summed E-state index contributed by atoms with van der Waals surface area (Å²) in [6.45, 7) is 6.35. The number of carbonyl (C=O) groups is 1. The second-order valence-corrected chi connectivity index (χ2v) is 5.57. The van der Waals surface area contributed by atoms with E-state index in [1.54, 1.807) is 11.8 Å². The summed E-state index contributed by atoms with van der Waals surface area (Å²) in [4.78, 5) is 11.8. The Balaban J connectivity index is 2.31. The van der Waals surface area contributed by atoms with Gasteiger partial charge in [-0.2, -0.15) is 11.8 Å². The Kier molecular flexibility index (Phi) is 8.46. The predicted molar refractivity (Wildman–Crippen MR) is 72.9 cm³/mol. The molecule has 0 amide bonds. The minimum absolute atomic E-state index is 0.134. The number of hydrogen-bond donors (Lipinski definition) is 0. The molecule has 1 saturated heterocycles. The highest BCUT2D eigenvalue weighted by Crippen LogP contribution is 2.15. The molecule has 0 aromatic carbocycles. The number of thioether (sulfide) groups is 1. The lowest BCUT2D eigenvalue weighted by Gasteiger charge is -2.24. The van der Waals surface area contributed by atoms with Gasteiger partial charge >= 0.3 is 5.97 Å². The van der Waals surface area contributed by atoms with Crippen molar-refractivity contribution >= 4 is 17.7 Å². The van der Waals surface area contributed by atoms with E-state index in [1.807, 2.05) is 6.92 Å². The molecule has 0 aromatic heterocycles. The Hall–Kier alpha value is -0.260. The highest BCUT2D eigenvalue weighted by Gasteiger charge is 2.22. The first kappa shape index (κ1) is 15.8. The largest absolute Gasteiger partial charge is 0.466 e. The molecular weight excluding hydrogens is 252 g/mol. The third-order valence-electron chi connectivity index (χ3n) is 2.84. The molecular formula is C13H24O4S. The second kappa shape index (κ2) is 9.64. The number of esters is 1. The molecule has 18 heavy (non-hydrogen) atoms. The summed E-state index contributed by atoms with van der Waals surface area (Å²) in [5.74, 6) is 1.51. The molecule has 5 heteroatoms. The van der Waals surface area contributed by atoms with Gasteiger partial charge in [-0.05, 0) is 25.5 Å². The normalized spacial score (nSPS) is 18.6. The van der Waals surface area contributed by atoms with Crippen LogP contribution in [0.4, 0.5) is 0 Å². The van der Waals surface area contributed by atoms with Gasteiger partial charge in [0.2, 0.25) is 0 Å². The Bertz CT molecular complexity index is 229. The summed E-state index contributed by atoms with van der Waals surface area (Å²) in [6.07, 6.45) is 2.09. The highest BCUT2D eigenvalue weighted by atomic mass is 32.2. The number of rotatable bonds is 8. The van der Waals surface area contributed by atoms with Crippen molar-refractivity contribution in [1.29, 1.82) is 0 Å². The molecule has 0 radical (unpaired) electrons. The van der Waals surface area contributed by atoms with Crippen LogP contribution in [0.1, 0.15) is 26.7 Å². The van der Waals surface area contributed by atoms with Crippen molar-refractivity contribution in [2.24, 2.45) is 5.92 Å². The molecule has 0 saturated carbocycles. The van der Waals surface area contributed by atoms with E-state index in [0.29, 0.717) is 13.2 Å². The summed E-state index contributed by atoms with van der Waals surface area (Å²) in [5.41, 5.74) is 0. The summed E-state index contributed by atoms with van der Waals surface area (Å²) in [7, 11) is 0. The maximum absolute atomic E-state index is 11.8. The molecule has 0 spiro atoms. The summed E-state index contributed by atoms with van der Waals surface area (Å²) < 4.78 is 16.2. The van der Waals surface area contributed by atoms with Gasteiger partial charge in [-0.15, -0.1) is 0 Å². The van der Waals surface area contributed by atoms with E-state index in [4.69, 9.17) is 14.2 Å². The molecule has 0 aromatic rings. The maximum Gasteiger partial charge on any atom is 0.312 e. The molecule has 1 aliphatic heterocycles. The molecule has 1 aliphatic rings. The van der Waals surface area contributed by atoms with Crippen LogP contribution in [0.2, 0.25) is 0 Å². The minimum Gasteiger partial charge on any atom is -0.466 e. The molecule has 1 unspecified atom stereocenters. The zero-order valence-electron chi connectivity index (χ0n) is 11.4. The highest BCUT2D eigenvalue weighted by molar-refractivity contribution is 7.99. The fraction of sp³-hybridized carbons (Fsp3) is 0.923. The van der Waals surface area contributed by atoms with Crippen molar-refractivity contribution in [1.82, 2.24) is 0 Å². The predicted octanol–water partition coefficient (Wildman–Crippen LogP) is 2.11. The zero-order chi connectivity index (χ0) is 13.2. The van der Waals surface area contributed by atoms with Crippen LogP contribution in [0.3, 0.4) is 0 Å². The first-order chi connectivity index (χ1) is 8.77. The van der Waals surface area contributed by atoms with Crippen molar-refractivity contribution < 1.29 is 19.0 Å². The molecule has 0 N–H and O–H groups in total. The van der Waals surface area contributed by atoms with E-state index >= 15 is 0 Å². The van der Waals surface area contributed by atoms with Gasteiger partial charge in [0, 0.05) is 19.0 Å². The minimum atomic E-state index is -0.141. The summed E-state index contributed by atoms with van der Waals surface area (Å²) in [6, 6.07) is 0. The Morgan fingerprint density at radius 3 is 2.72 bits per heavy atom. The fourth-order valence-electron chi connectivity index (χ4n) is 1.80. The van der Waals surface area contributed by atoms with E-state index < -0.39 is 0 Å². The van der Waals surface area contributed by atoms with E-state index in [1.165, 1.54) is 0 Å². The standard InChI is InChI=1S/C13H24O4S/c1-3-16-13(14)11(10-18-4-2)9-17-12-5-7-15-8-6-12/h11-12H,3-10H2,1-2H3. The fourth-order valence-corrected chi connectivity index (χ4v) is 2.55. The molecule has 1 rings (SSSR count). The maximum atomic E-state index is 11.8. The van der Waals surface area contributed by atoms with Crippen LogP contribution in [0, 0.1) is 5.92 Å². The van der Waals surface area contributed by atoms with Crippen molar-refractivity contribution in [3.8, 4) is 0 Å². The number of ether oxygens (including phenoxy) is 3. The summed E-state index contributed by atoms with van der Waals surface area (Å²) >= 11 is 1.75. The third-order valence-corrected chi connectivity index (χ3v) is 3.89. The van der Waals surface area contributed by atoms with Crippen molar-refractivity contribution in [2.45, 2.75) is 32.8 Å². The van der Waals surface area contributed by atoms with Crippen LogP contribution in [0.5, 0.6) is 0 Å². The zero-order valence-corrected chi connectivity index (χ0v) is 12.2. The van der Waals surface area contributed by atoms with E-state index in [9.17, 15) is 4.79 Å². The Morgan fingerprint density at radius 2 is 2.11 bits per heavy atom. The third kappa shape index (κ3) is 6.07. The first-order valence-corrected chi connectivity index (χ1v) is 7.87. The quantitative estimate of drug-likeness (QED) is 0.635. The SMILES string of the molecule is CCOC(=O)C(COC1CCOCC1)CSCC. The average molecular weight is 276 g/mol. The molecule has 1 heterocycles. The molecule has 1 fully saturated rings. The molecule has 106 valence electrons. The van der Waals surface area contributed by atoms with Gasteiger partial charge in [0.05, 0.1) is 25.2 Å². The van der Waals surface area contributed by atoms with Crippen molar-refractivity contribution in [3.05, 3.63) is 0 Å². The summed E-state index contributed by atoms with van der Waals surface area (Å²) in [5, 5.41) is 0. The lowest BCUT2D eigenvalue weighted by atomic mass is 10.1.